The van der Waals surface area contributed by atoms with Crippen molar-refractivity contribution in [2.75, 3.05) is 51.0 Å². The summed E-state index contributed by atoms with van der Waals surface area (Å²) in [4.78, 5) is 29.8. The molecule has 8 nitrogen and oxygen atoms in total. The molecule has 0 aliphatic carbocycles. The maximum absolute atomic E-state index is 13.1. The maximum atomic E-state index is 13.1. The van der Waals surface area contributed by atoms with Gasteiger partial charge in [-0.3, -0.25) is 0 Å². The summed E-state index contributed by atoms with van der Waals surface area (Å²) in [7, 11) is 3.06. The molecule has 2 heterocycles. The molecule has 0 radical (unpaired) electrons. The SMILES string of the molecule is COc1cc(OC)c(NC(=O)N2CCC3(CCN(C(=O)Nc4cccc5ccccc45)CC3)C2)cc1Cl. The Morgan fingerprint density at radius 2 is 1.43 bits per heavy atom. The predicted molar refractivity (Wildman–Crippen MR) is 146 cm³/mol. The minimum atomic E-state index is -0.187. The number of benzene rings is 3. The van der Waals surface area contributed by atoms with Crippen LogP contribution in [-0.4, -0.2) is 62.3 Å². The van der Waals surface area contributed by atoms with Crippen LogP contribution >= 0.6 is 11.6 Å². The molecule has 5 rings (SSSR count). The zero-order chi connectivity index (χ0) is 26.0. The molecule has 194 valence electrons. The molecule has 2 N–H and O–H groups in total. The minimum absolute atomic E-state index is 0.0230. The van der Waals surface area contributed by atoms with Crippen LogP contribution in [0.25, 0.3) is 10.8 Å². The van der Waals surface area contributed by atoms with Crippen LogP contribution < -0.4 is 20.1 Å². The van der Waals surface area contributed by atoms with Crippen LogP contribution in [0, 0.1) is 5.41 Å². The number of fused-ring (bicyclic) bond motifs is 1. The first kappa shape index (κ1) is 25.0. The van der Waals surface area contributed by atoms with E-state index in [-0.39, 0.29) is 17.5 Å². The molecule has 3 aromatic carbocycles. The van der Waals surface area contributed by atoms with Crippen molar-refractivity contribution in [3.63, 3.8) is 0 Å². The van der Waals surface area contributed by atoms with Gasteiger partial charge in [0.1, 0.15) is 11.5 Å². The van der Waals surface area contributed by atoms with Crippen molar-refractivity contribution >= 4 is 45.8 Å². The first-order valence-corrected chi connectivity index (χ1v) is 12.8. The van der Waals surface area contributed by atoms with Gasteiger partial charge in [0.25, 0.3) is 0 Å². The molecule has 0 saturated carbocycles. The number of carbonyl (C=O) groups excluding carboxylic acids is 2. The van der Waals surface area contributed by atoms with E-state index >= 15 is 0 Å². The Kier molecular flexibility index (Phi) is 7.02. The van der Waals surface area contributed by atoms with E-state index in [9.17, 15) is 9.59 Å². The van der Waals surface area contributed by atoms with E-state index in [1.807, 2.05) is 52.3 Å². The zero-order valence-corrected chi connectivity index (χ0v) is 21.8. The van der Waals surface area contributed by atoms with Gasteiger partial charge < -0.3 is 29.9 Å². The molecule has 0 unspecified atom stereocenters. The number of nitrogens with one attached hydrogen (secondary N) is 2. The lowest BCUT2D eigenvalue weighted by Crippen LogP contribution is -2.46. The minimum Gasteiger partial charge on any atom is -0.495 e. The highest BCUT2D eigenvalue weighted by Crippen LogP contribution is 2.41. The Balaban J connectivity index is 1.18. The average molecular weight is 523 g/mol. The highest BCUT2D eigenvalue weighted by Gasteiger charge is 2.43. The van der Waals surface area contributed by atoms with Gasteiger partial charge in [0.05, 0.1) is 30.6 Å². The van der Waals surface area contributed by atoms with E-state index in [0.717, 1.165) is 35.7 Å². The molecule has 0 atom stereocenters. The van der Waals surface area contributed by atoms with Crippen LogP contribution in [0.2, 0.25) is 5.02 Å². The number of halogens is 1. The Bertz CT molecular complexity index is 1320. The standard InChI is InChI=1S/C28H31ClN4O4/c1-36-24-17-25(37-2)23(16-21(24)29)31-27(35)33-15-12-28(18-33)10-13-32(14-11-28)26(34)30-22-9-5-7-19-6-3-4-8-20(19)22/h3-9,16-17H,10-15,18H2,1-2H3,(H,30,34)(H,31,35). The first-order chi connectivity index (χ1) is 17.9. The van der Waals surface area contributed by atoms with Crippen molar-refractivity contribution in [2.24, 2.45) is 5.41 Å². The second-order valence-electron chi connectivity index (χ2n) is 9.73. The number of hydrogen-bond acceptors (Lipinski definition) is 4. The summed E-state index contributed by atoms with van der Waals surface area (Å²) in [6.45, 7) is 2.64. The highest BCUT2D eigenvalue weighted by atomic mass is 35.5. The second-order valence-corrected chi connectivity index (χ2v) is 10.1. The van der Waals surface area contributed by atoms with Crippen LogP contribution in [0.3, 0.4) is 0 Å². The van der Waals surface area contributed by atoms with E-state index in [1.165, 1.54) is 14.2 Å². The number of carbonyl (C=O) groups is 2. The topological polar surface area (TPSA) is 83.1 Å². The summed E-state index contributed by atoms with van der Waals surface area (Å²) in [6, 6.07) is 17.0. The van der Waals surface area contributed by atoms with Crippen molar-refractivity contribution < 1.29 is 19.1 Å². The van der Waals surface area contributed by atoms with Gasteiger partial charge >= 0.3 is 12.1 Å². The Hall–Kier alpha value is -3.65. The van der Waals surface area contributed by atoms with Gasteiger partial charge in [0.2, 0.25) is 0 Å². The predicted octanol–water partition coefficient (Wildman–Crippen LogP) is 6.06. The molecule has 0 bridgehead atoms. The van der Waals surface area contributed by atoms with Crippen molar-refractivity contribution in [1.82, 2.24) is 9.80 Å². The van der Waals surface area contributed by atoms with Gasteiger partial charge in [-0.2, -0.15) is 0 Å². The molecule has 2 fully saturated rings. The van der Waals surface area contributed by atoms with E-state index in [0.29, 0.717) is 48.4 Å². The molecule has 4 amide bonds. The van der Waals surface area contributed by atoms with Crippen LogP contribution in [-0.2, 0) is 0 Å². The van der Waals surface area contributed by atoms with Crippen molar-refractivity contribution in [3.8, 4) is 11.5 Å². The lowest BCUT2D eigenvalue weighted by Gasteiger charge is -2.39. The fourth-order valence-electron chi connectivity index (χ4n) is 5.38. The van der Waals surface area contributed by atoms with E-state index in [1.54, 1.807) is 12.1 Å². The molecular formula is C28H31ClN4O4. The first-order valence-electron chi connectivity index (χ1n) is 12.4. The summed E-state index contributed by atoms with van der Waals surface area (Å²) in [6.07, 6.45) is 2.63. The molecule has 37 heavy (non-hydrogen) atoms. The fraction of sp³-hybridized carbons (Fsp3) is 0.357. The molecule has 3 aromatic rings. The normalized spacial score (nSPS) is 16.6. The molecule has 0 aromatic heterocycles. The summed E-state index contributed by atoms with van der Waals surface area (Å²) in [5, 5.41) is 8.54. The molecule has 2 aliphatic heterocycles. The van der Waals surface area contributed by atoms with Crippen LogP contribution in [0.4, 0.5) is 21.0 Å². The van der Waals surface area contributed by atoms with Gasteiger partial charge in [-0.05, 0) is 42.2 Å². The Labute approximate surface area is 221 Å². The van der Waals surface area contributed by atoms with E-state index in [4.69, 9.17) is 21.1 Å². The molecule has 9 heteroatoms. The lowest BCUT2D eigenvalue weighted by atomic mass is 9.78. The zero-order valence-electron chi connectivity index (χ0n) is 21.1. The Morgan fingerprint density at radius 3 is 2.16 bits per heavy atom. The molecule has 1 spiro atoms. The third-order valence-electron chi connectivity index (χ3n) is 7.58. The number of methoxy groups -OCH3 is 2. The number of likely N-dealkylation sites (tertiary alicyclic amines) is 2. The molecular weight excluding hydrogens is 492 g/mol. The number of hydrogen-bond donors (Lipinski definition) is 2. The van der Waals surface area contributed by atoms with Crippen molar-refractivity contribution in [1.29, 1.82) is 0 Å². The summed E-state index contributed by atoms with van der Waals surface area (Å²) < 4.78 is 10.6. The number of anilines is 2. The van der Waals surface area contributed by atoms with E-state index < -0.39 is 0 Å². The highest BCUT2D eigenvalue weighted by molar-refractivity contribution is 6.32. The van der Waals surface area contributed by atoms with Gasteiger partial charge in [0.15, 0.2) is 0 Å². The fourth-order valence-corrected chi connectivity index (χ4v) is 5.62. The van der Waals surface area contributed by atoms with Gasteiger partial charge in [-0.15, -0.1) is 0 Å². The Morgan fingerprint density at radius 1 is 0.811 bits per heavy atom. The van der Waals surface area contributed by atoms with Crippen LogP contribution in [0.5, 0.6) is 11.5 Å². The lowest BCUT2D eigenvalue weighted by molar-refractivity contribution is 0.128. The second kappa shape index (κ2) is 10.4. The molecule has 2 aliphatic rings. The number of piperidine rings is 1. The number of rotatable bonds is 4. The monoisotopic (exact) mass is 522 g/mol. The van der Waals surface area contributed by atoms with Gasteiger partial charge in [-0.1, -0.05) is 48.0 Å². The van der Waals surface area contributed by atoms with E-state index in [2.05, 4.69) is 10.6 Å². The molecule has 2 saturated heterocycles. The van der Waals surface area contributed by atoms with Crippen LogP contribution in [0.1, 0.15) is 19.3 Å². The summed E-state index contributed by atoms with van der Waals surface area (Å²) in [5.41, 5.74) is 1.34. The number of amides is 4. The third kappa shape index (κ3) is 5.11. The van der Waals surface area contributed by atoms with Gasteiger partial charge in [-0.25, -0.2) is 9.59 Å². The summed E-state index contributed by atoms with van der Waals surface area (Å²) in [5.74, 6) is 0.960. The smallest absolute Gasteiger partial charge is 0.321 e. The largest absolute Gasteiger partial charge is 0.495 e. The maximum Gasteiger partial charge on any atom is 0.321 e. The van der Waals surface area contributed by atoms with Crippen molar-refractivity contribution in [2.45, 2.75) is 19.3 Å². The number of nitrogens with zero attached hydrogens (tertiary/aromatic N) is 2. The number of urea groups is 2. The van der Waals surface area contributed by atoms with Crippen LogP contribution in [0.15, 0.2) is 54.6 Å². The van der Waals surface area contributed by atoms with Crippen molar-refractivity contribution in [3.05, 3.63) is 59.6 Å². The summed E-state index contributed by atoms with van der Waals surface area (Å²) >= 11 is 6.25. The quantitative estimate of drug-likeness (QED) is 0.436. The average Bonchev–Trinajstić information content (AvgIpc) is 3.33. The van der Waals surface area contributed by atoms with Gasteiger partial charge in [0, 0.05) is 37.6 Å². The number of ether oxygens (including phenoxy) is 2. The third-order valence-corrected chi connectivity index (χ3v) is 7.88.